The molecule has 3 aromatic rings. The van der Waals surface area contributed by atoms with Crippen molar-refractivity contribution in [3.63, 3.8) is 0 Å². The largest absolute Gasteiger partial charge is 0.462 e. The fourth-order valence-electron chi connectivity index (χ4n) is 4.01. The van der Waals surface area contributed by atoms with Crippen molar-refractivity contribution in [1.29, 1.82) is 0 Å². The van der Waals surface area contributed by atoms with Crippen molar-refractivity contribution in [2.45, 2.75) is 37.6 Å². The highest BCUT2D eigenvalue weighted by atomic mass is 79.9. The van der Waals surface area contributed by atoms with Crippen molar-refractivity contribution in [1.82, 2.24) is 4.98 Å². The zero-order valence-corrected chi connectivity index (χ0v) is 20.8. The number of thioether (sulfide) groups is 1. The zero-order chi connectivity index (χ0) is 23.2. The van der Waals surface area contributed by atoms with E-state index in [-0.39, 0.29) is 17.6 Å². The van der Waals surface area contributed by atoms with E-state index in [4.69, 9.17) is 9.72 Å². The van der Waals surface area contributed by atoms with Gasteiger partial charge in [0, 0.05) is 15.7 Å². The van der Waals surface area contributed by atoms with Crippen LogP contribution in [0.2, 0.25) is 0 Å². The molecule has 7 heteroatoms. The summed E-state index contributed by atoms with van der Waals surface area (Å²) in [4.78, 5) is 30.5. The number of hydrogen-bond acceptors (Lipinski definition) is 5. The Hall–Kier alpha value is -2.64. The second kappa shape index (κ2) is 11.0. The Labute approximate surface area is 206 Å². The van der Waals surface area contributed by atoms with Gasteiger partial charge in [0.05, 0.1) is 23.6 Å². The van der Waals surface area contributed by atoms with Gasteiger partial charge in [0.15, 0.2) is 0 Å². The van der Waals surface area contributed by atoms with E-state index in [9.17, 15) is 9.59 Å². The van der Waals surface area contributed by atoms with Crippen LogP contribution in [-0.2, 0) is 22.4 Å². The van der Waals surface area contributed by atoms with E-state index in [0.29, 0.717) is 17.2 Å². The second-order valence-electron chi connectivity index (χ2n) is 7.74. The third-order valence-electron chi connectivity index (χ3n) is 5.48. The summed E-state index contributed by atoms with van der Waals surface area (Å²) in [5.41, 5.74) is 5.30. The Morgan fingerprint density at radius 2 is 1.73 bits per heavy atom. The summed E-state index contributed by atoms with van der Waals surface area (Å²) in [5, 5.41) is 3.45. The minimum absolute atomic E-state index is 0.141. The molecule has 0 saturated heterocycles. The first-order valence-corrected chi connectivity index (χ1v) is 12.8. The molecular weight excluding hydrogens is 500 g/mol. The van der Waals surface area contributed by atoms with Crippen molar-refractivity contribution in [2.75, 3.05) is 17.7 Å². The number of fused-ring (bicyclic) bond motifs is 1. The Bertz CT molecular complexity index is 1150. The number of carbonyl (C=O) groups is 2. The fourth-order valence-corrected chi connectivity index (χ4v) is 5.12. The minimum atomic E-state index is -0.362. The molecule has 0 radical (unpaired) electrons. The predicted molar refractivity (Wildman–Crippen MR) is 136 cm³/mol. The summed E-state index contributed by atoms with van der Waals surface area (Å²) in [5.74, 6) is -0.376. The number of nitrogens with one attached hydrogen (secondary N) is 1. The summed E-state index contributed by atoms with van der Waals surface area (Å²) in [6.07, 6.45) is 3.78. The van der Waals surface area contributed by atoms with Gasteiger partial charge in [0.2, 0.25) is 5.91 Å². The van der Waals surface area contributed by atoms with E-state index in [1.54, 1.807) is 6.92 Å². The molecule has 170 valence electrons. The second-order valence-corrected chi connectivity index (χ2v) is 9.61. The minimum Gasteiger partial charge on any atom is -0.462 e. The number of pyridine rings is 1. The summed E-state index contributed by atoms with van der Waals surface area (Å²) >= 11 is 4.67. The van der Waals surface area contributed by atoms with E-state index in [0.717, 1.165) is 58.2 Å². The third-order valence-corrected chi connectivity index (χ3v) is 6.98. The van der Waals surface area contributed by atoms with Crippen LogP contribution in [0.1, 0.15) is 41.3 Å². The Kier molecular flexibility index (Phi) is 7.83. The van der Waals surface area contributed by atoms with Gasteiger partial charge in [-0.05, 0) is 68.0 Å². The molecule has 0 spiro atoms. The molecule has 1 aliphatic carbocycles. The third kappa shape index (κ3) is 5.65. The predicted octanol–water partition coefficient (Wildman–Crippen LogP) is 6.30. The van der Waals surface area contributed by atoms with Crippen molar-refractivity contribution in [3.8, 4) is 11.3 Å². The average Bonchev–Trinajstić information content (AvgIpc) is 2.84. The van der Waals surface area contributed by atoms with Gasteiger partial charge >= 0.3 is 5.97 Å². The number of nitrogens with zero attached hydrogens (tertiary/aromatic N) is 1. The SMILES string of the molecule is CCOC(=O)c1c(SCC(=O)Nc2ccc(Br)cc2)nc(-c2ccccc2)c2c1CCCC2. The van der Waals surface area contributed by atoms with Crippen LogP contribution in [-0.4, -0.2) is 29.2 Å². The molecule has 1 amide bonds. The maximum absolute atomic E-state index is 13.0. The molecule has 0 aliphatic heterocycles. The molecule has 0 saturated carbocycles. The van der Waals surface area contributed by atoms with E-state index < -0.39 is 0 Å². The summed E-state index contributed by atoms with van der Waals surface area (Å²) < 4.78 is 6.34. The van der Waals surface area contributed by atoms with Crippen molar-refractivity contribution in [3.05, 3.63) is 75.8 Å². The summed E-state index contributed by atoms with van der Waals surface area (Å²) in [6.45, 7) is 2.09. The van der Waals surface area contributed by atoms with Crippen LogP contribution in [0.25, 0.3) is 11.3 Å². The van der Waals surface area contributed by atoms with Crippen LogP contribution in [0.5, 0.6) is 0 Å². The first-order valence-electron chi connectivity index (χ1n) is 11.0. The first-order chi connectivity index (χ1) is 16.1. The molecule has 1 aliphatic rings. The molecule has 0 bridgehead atoms. The summed E-state index contributed by atoms with van der Waals surface area (Å²) in [7, 11) is 0. The van der Waals surface area contributed by atoms with Gasteiger partial charge in [0.25, 0.3) is 0 Å². The van der Waals surface area contributed by atoms with Gasteiger partial charge in [0.1, 0.15) is 5.03 Å². The molecule has 4 rings (SSSR count). The lowest BCUT2D eigenvalue weighted by atomic mass is 9.86. The number of benzene rings is 2. The molecule has 1 N–H and O–H groups in total. The zero-order valence-electron chi connectivity index (χ0n) is 18.4. The normalized spacial score (nSPS) is 12.7. The fraction of sp³-hybridized carbons (Fsp3) is 0.269. The van der Waals surface area contributed by atoms with Gasteiger partial charge in [-0.15, -0.1) is 0 Å². The van der Waals surface area contributed by atoms with Gasteiger partial charge < -0.3 is 10.1 Å². The molecule has 1 heterocycles. The molecule has 0 unspecified atom stereocenters. The topological polar surface area (TPSA) is 68.3 Å². The van der Waals surface area contributed by atoms with Crippen LogP contribution in [0.3, 0.4) is 0 Å². The van der Waals surface area contributed by atoms with Crippen molar-refractivity contribution >= 4 is 45.3 Å². The molecule has 0 fully saturated rings. The number of aromatic nitrogens is 1. The molecular formula is C26H25BrN2O3S. The lowest BCUT2D eigenvalue weighted by Gasteiger charge is -2.23. The van der Waals surface area contributed by atoms with E-state index in [1.807, 2.05) is 54.6 Å². The van der Waals surface area contributed by atoms with Gasteiger partial charge in [-0.2, -0.15) is 0 Å². The van der Waals surface area contributed by atoms with Gasteiger partial charge in [-0.1, -0.05) is 58.0 Å². The van der Waals surface area contributed by atoms with Crippen molar-refractivity contribution < 1.29 is 14.3 Å². The molecule has 1 aromatic heterocycles. The van der Waals surface area contributed by atoms with Crippen LogP contribution < -0.4 is 5.32 Å². The maximum atomic E-state index is 13.0. The number of rotatable bonds is 7. The highest BCUT2D eigenvalue weighted by molar-refractivity contribution is 9.10. The van der Waals surface area contributed by atoms with Crippen LogP contribution in [0.15, 0.2) is 64.1 Å². The Morgan fingerprint density at radius 3 is 2.42 bits per heavy atom. The highest BCUT2D eigenvalue weighted by Gasteiger charge is 2.28. The standard InChI is InChI=1S/C26H25BrN2O3S/c1-2-32-26(31)23-20-10-6-7-11-21(20)24(17-8-4-3-5-9-17)29-25(23)33-16-22(30)28-19-14-12-18(27)13-15-19/h3-5,8-9,12-15H,2,6-7,10-11,16H2,1H3,(H,28,30). The molecule has 33 heavy (non-hydrogen) atoms. The van der Waals surface area contributed by atoms with Gasteiger partial charge in [-0.3, -0.25) is 4.79 Å². The van der Waals surface area contributed by atoms with E-state index >= 15 is 0 Å². The first kappa shape index (κ1) is 23.5. The van der Waals surface area contributed by atoms with Crippen LogP contribution in [0.4, 0.5) is 5.69 Å². The Balaban J connectivity index is 1.68. The van der Waals surface area contributed by atoms with E-state index in [1.165, 1.54) is 11.8 Å². The summed E-state index contributed by atoms with van der Waals surface area (Å²) in [6, 6.07) is 17.4. The number of ether oxygens (including phenoxy) is 1. The van der Waals surface area contributed by atoms with Crippen molar-refractivity contribution in [2.24, 2.45) is 0 Å². The number of halogens is 1. The van der Waals surface area contributed by atoms with E-state index in [2.05, 4.69) is 21.2 Å². The number of hydrogen-bond donors (Lipinski definition) is 1. The quantitative estimate of drug-likeness (QED) is 0.290. The number of anilines is 1. The van der Waals surface area contributed by atoms with Gasteiger partial charge in [-0.25, -0.2) is 9.78 Å². The number of carbonyl (C=O) groups excluding carboxylic acids is 2. The number of esters is 1. The molecule has 2 aromatic carbocycles. The molecule has 5 nitrogen and oxygen atoms in total. The lowest BCUT2D eigenvalue weighted by molar-refractivity contribution is -0.113. The maximum Gasteiger partial charge on any atom is 0.341 e. The number of amides is 1. The molecule has 0 atom stereocenters. The monoisotopic (exact) mass is 524 g/mol. The van der Waals surface area contributed by atoms with Crippen LogP contribution >= 0.6 is 27.7 Å². The highest BCUT2D eigenvalue weighted by Crippen LogP contribution is 2.37. The van der Waals surface area contributed by atoms with Crippen LogP contribution in [0, 0.1) is 0 Å². The Morgan fingerprint density at radius 1 is 1.03 bits per heavy atom. The lowest BCUT2D eigenvalue weighted by Crippen LogP contribution is -2.19. The average molecular weight is 525 g/mol. The smallest absolute Gasteiger partial charge is 0.341 e.